The Balaban J connectivity index is 1.61. The van der Waals surface area contributed by atoms with Crippen molar-refractivity contribution in [3.63, 3.8) is 0 Å². The fourth-order valence-electron chi connectivity index (χ4n) is 3.32. The maximum atomic E-state index is 13.1. The van der Waals surface area contributed by atoms with E-state index in [0.717, 1.165) is 24.5 Å². The molecule has 2 heterocycles. The van der Waals surface area contributed by atoms with Gasteiger partial charge in [-0.15, -0.1) is 0 Å². The van der Waals surface area contributed by atoms with Gasteiger partial charge in [0.1, 0.15) is 6.04 Å². The number of amides is 2. The summed E-state index contributed by atoms with van der Waals surface area (Å²) in [5.41, 5.74) is 1.73. The van der Waals surface area contributed by atoms with Crippen LogP contribution in [0.25, 0.3) is 0 Å². The topological polar surface area (TPSA) is 66.8 Å². The Morgan fingerprint density at radius 1 is 1.07 bits per heavy atom. The maximum Gasteiger partial charge on any atom is 0.251 e. The summed E-state index contributed by atoms with van der Waals surface area (Å²) in [6.45, 7) is 2.90. The highest BCUT2D eigenvalue weighted by atomic mass is 32.2. The first kappa shape index (κ1) is 20.2. The molecule has 0 bridgehead atoms. The van der Waals surface area contributed by atoms with Crippen molar-refractivity contribution in [1.29, 1.82) is 0 Å². The number of thioether (sulfide) groups is 1. The fourth-order valence-corrected chi connectivity index (χ4v) is 3.79. The monoisotopic (exact) mass is 399 g/mol. The van der Waals surface area contributed by atoms with E-state index in [2.05, 4.69) is 15.2 Å². The number of nitrogens with zero attached hydrogens (tertiary/aromatic N) is 2. The molecule has 0 spiro atoms. The van der Waals surface area contributed by atoms with Crippen molar-refractivity contribution >= 4 is 29.3 Å². The molecule has 0 radical (unpaired) electrons. The summed E-state index contributed by atoms with van der Waals surface area (Å²) in [4.78, 5) is 32.8. The Morgan fingerprint density at radius 3 is 2.39 bits per heavy atom. The maximum absolute atomic E-state index is 13.1. The molecule has 148 valence electrons. The van der Waals surface area contributed by atoms with E-state index in [4.69, 9.17) is 0 Å². The zero-order chi connectivity index (χ0) is 19.8. The minimum absolute atomic E-state index is 0.0133. The summed E-state index contributed by atoms with van der Waals surface area (Å²) in [6.07, 6.45) is 6.46. The molecule has 1 fully saturated rings. The molecule has 0 aliphatic carbocycles. The van der Waals surface area contributed by atoms with E-state index >= 15 is 0 Å². The lowest BCUT2D eigenvalue weighted by Gasteiger charge is -2.37. The van der Waals surface area contributed by atoms with Gasteiger partial charge in [0.2, 0.25) is 5.91 Å². The Kier molecular flexibility index (Phi) is 7.31. The van der Waals surface area contributed by atoms with Crippen LogP contribution >= 0.6 is 11.8 Å². The quantitative estimate of drug-likeness (QED) is 0.770. The SMILES string of the molecule is CSCC[C@H](NC(=O)c1ccccc1)C(=O)N1CCN(c2cc[nH+]cc2)CC1. The highest BCUT2D eigenvalue weighted by molar-refractivity contribution is 7.98. The number of aromatic nitrogens is 1. The van der Waals surface area contributed by atoms with E-state index in [9.17, 15) is 9.59 Å². The van der Waals surface area contributed by atoms with Crippen molar-refractivity contribution in [3.8, 4) is 0 Å². The van der Waals surface area contributed by atoms with Crippen molar-refractivity contribution in [2.24, 2.45) is 0 Å². The molecule has 1 aromatic heterocycles. The van der Waals surface area contributed by atoms with Gasteiger partial charge in [0, 0.05) is 49.6 Å². The third-order valence-corrected chi connectivity index (χ3v) is 5.55. The minimum atomic E-state index is -0.488. The lowest BCUT2D eigenvalue weighted by Crippen LogP contribution is -2.55. The zero-order valence-corrected chi connectivity index (χ0v) is 17.0. The average molecular weight is 400 g/mol. The predicted octanol–water partition coefficient (Wildman–Crippen LogP) is 1.70. The van der Waals surface area contributed by atoms with Crippen LogP contribution in [0.5, 0.6) is 0 Å². The molecule has 28 heavy (non-hydrogen) atoms. The average Bonchev–Trinajstić information content (AvgIpc) is 2.77. The molecular weight excluding hydrogens is 372 g/mol. The third-order valence-electron chi connectivity index (χ3n) is 4.91. The molecular formula is C21H27N4O2S+. The number of aromatic amines is 1. The van der Waals surface area contributed by atoms with Crippen LogP contribution in [0.1, 0.15) is 16.8 Å². The number of anilines is 1. The number of carbonyl (C=O) groups is 2. The summed E-state index contributed by atoms with van der Waals surface area (Å²) in [5.74, 6) is 0.644. The summed E-state index contributed by atoms with van der Waals surface area (Å²) >= 11 is 1.68. The smallest absolute Gasteiger partial charge is 0.251 e. The fraction of sp³-hybridized carbons (Fsp3) is 0.381. The molecule has 0 unspecified atom stereocenters. The van der Waals surface area contributed by atoms with Gasteiger partial charge in [0.05, 0.1) is 0 Å². The van der Waals surface area contributed by atoms with E-state index in [0.29, 0.717) is 25.1 Å². The largest absolute Gasteiger partial charge is 0.368 e. The highest BCUT2D eigenvalue weighted by Crippen LogP contribution is 2.15. The van der Waals surface area contributed by atoms with Crippen LogP contribution < -0.4 is 15.2 Å². The Bertz CT molecular complexity index is 764. The molecule has 2 aromatic rings. The summed E-state index contributed by atoms with van der Waals surface area (Å²) in [6, 6.07) is 12.7. The van der Waals surface area contributed by atoms with Crippen LogP contribution in [0.2, 0.25) is 0 Å². The van der Waals surface area contributed by atoms with Crippen molar-refractivity contribution in [2.75, 3.05) is 43.1 Å². The number of piperazine rings is 1. The van der Waals surface area contributed by atoms with Gasteiger partial charge in [-0.2, -0.15) is 11.8 Å². The first-order chi connectivity index (χ1) is 13.7. The molecule has 2 N–H and O–H groups in total. The van der Waals surface area contributed by atoms with Crippen LogP contribution in [0, 0.1) is 0 Å². The van der Waals surface area contributed by atoms with Gasteiger partial charge >= 0.3 is 0 Å². The van der Waals surface area contributed by atoms with Crippen LogP contribution in [0.4, 0.5) is 5.69 Å². The molecule has 1 aliphatic rings. The normalized spacial score (nSPS) is 15.2. The Labute approximate surface area is 170 Å². The van der Waals surface area contributed by atoms with E-state index in [1.807, 2.05) is 53.9 Å². The first-order valence-electron chi connectivity index (χ1n) is 9.53. The van der Waals surface area contributed by atoms with Crippen molar-refractivity contribution in [1.82, 2.24) is 10.2 Å². The van der Waals surface area contributed by atoms with E-state index in [1.54, 1.807) is 23.9 Å². The Hall–Kier alpha value is -2.54. The second-order valence-electron chi connectivity index (χ2n) is 6.74. The molecule has 1 aromatic carbocycles. The molecule has 1 saturated heterocycles. The third kappa shape index (κ3) is 5.25. The first-order valence-corrected chi connectivity index (χ1v) is 10.9. The zero-order valence-electron chi connectivity index (χ0n) is 16.1. The number of rotatable bonds is 7. The number of hydrogen-bond acceptors (Lipinski definition) is 4. The van der Waals surface area contributed by atoms with Gasteiger partial charge in [0.15, 0.2) is 12.4 Å². The van der Waals surface area contributed by atoms with Crippen LogP contribution in [-0.4, -0.2) is 60.9 Å². The summed E-state index contributed by atoms with van der Waals surface area (Å²) < 4.78 is 0. The van der Waals surface area contributed by atoms with Gasteiger partial charge in [-0.05, 0) is 30.6 Å². The second kappa shape index (κ2) is 10.1. The summed E-state index contributed by atoms with van der Waals surface area (Å²) in [7, 11) is 0. The van der Waals surface area contributed by atoms with Crippen LogP contribution in [-0.2, 0) is 4.79 Å². The second-order valence-corrected chi connectivity index (χ2v) is 7.73. The number of pyridine rings is 1. The van der Waals surface area contributed by atoms with Gasteiger partial charge in [0.25, 0.3) is 5.91 Å². The number of benzene rings is 1. The van der Waals surface area contributed by atoms with Gasteiger partial charge in [-0.1, -0.05) is 18.2 Å². The molecule has 7 heteroatoms. The molecule has 3 rings (SSSR count). The standard InChI is InChI=1S/C21H26N4O2S/c1-28-16-9-19(23-20(26)17-5-3-2-4-6-17)21(27)25-14-12-24(13-15-25)18-7-10-22-11-8-18/h2-8,10-11,19H,9,12-16H2,1H3,(H,23,26)/p+1/t19-/m0/s1. The van der Waals surface area contributed by atoms with E-state index < -0.39 is 6.04 Å². The van der Waals surface area contributed by atoms with Gasteiger partial charge < -0.3 is 15.1 Å². The number of nitrogens with one attached hydrogen (secondary N) is 2. The lowest BCUT2D eigenvalue weighted by atomic mass is 10.1. The molecule has 1 atom stereocenters. The van der Waals surface area contributed by atoms with Crippen LogP contribution in [0.3, 0.4) is 0 Å². The van der Waals surface area contributed by atoms with Crippen molar-refractivity contribution in [2.45, 2.75) is 12.5 Å². The number of hydrogen-bond donors (Lipinski definition) is 1. The van der Waals surface area contributed by atoms with Gasteiger partial charge in [-0.3, -0.25) is 9.59 Å². The van der Waals surface area contributed by atoms with E-state index in [1.165, 1.54) is 0 Å². The minimum Gasteiger partial charge on any atom is -0.368 e. The predicted molar refractivity (Wildman–Crippen MR) is 112 cm³/mol. The molecule has 2 amide bonds. The Morgan fingerprint density at radius 2 is 1.75 bits per heavy atom. The summed E-state index contributed by atoms with van der Waals surface area (Å²) in [5, 5.41) is 2.95. The number of carbonyl (C=O) groups excluding carboxylic acids is 2. The number of H-pyrrole nitrogens is 1. The van der Waals surface area contributed by atoms with E-state index in [-0.39, 0.29) is 11.8 Å². The molecule has 6 nitrogen and oxygen atoms in total. The molecule has 1 aliphatic heterocycles. The molecule has 0 saturated carbocycles. The van der Waals surface area contributed by atoms with Crippen molar-refractivity contribution < 1.29 is 14.6 Å². The van der Waals surface area contributed by atoms with Crippen molar-refractivity contribution in [3.05, 3.63) is 60.4 Å². The van der Waals surface area contributed by atoms with Gasteiger partial charge in [-0.25, -0.2) is 4.98 Å². The highest BCUT2D eigenvalue weighted by Gasteiger charge is 2.28. The van der Waals surface area contributed by atoms with Crippen LogP contribution in [0.15, 0.2) is 54.9 Å². The lowest BCUT2D eigenvalue weighted by molar-refractivity contribution is -0.377.